The molecule has 0 bridgehead atoms. The average molecular weight is 537 g/mol. The van der Waals surface area contributed by atoms with E-state index in [1.165, 1.54) is 11.8 Å². The molecule has 0 atom stereocenters. The van der Waals surface area contributed by atoms with Crippen LogP contribution in [0.1, 0.15) is 23.6 Å². The number of rotatable bonds is 7. The molecule has 4 rings (SSSR count). The Hall–Kier alpha value is -3.03. The van der Waals surface area contributed by atoms with Crippen molar-refractivity contribution in [2.24, 2.45) is 4.99 Å². The molecule has 34 heavy (non-hydrogen) atoms. The highest BCUT2D eigenvalue weighted by molar-refractivity contribution is 9.10. The van der Waals surface area contributed by atoms with Gasteiger partial charge in [0.25, 0.3) is 5.91 Å². The molecule has 1 amide bonds. The highest BCUT2D eigenvalue weighted by Crippen LogP contribution is 2.38. The predicted molar refractivity (Wildman–Crippen MR) is 143 cm³/mol. The summed E-state index contributed by atoms with van der Waals surface area (Å²) >= 11 is 4.99. The number of hydrogen-bond acceptors (Lipinski definition) is 5. The highest BCUT2D eigenvalue weighted by atomic mass is 79.9. The van der Waals surface area contributed by atoms with Gasteiger partial charge in [0.2, 0.25) is 0 Å². The van der Waals surface area contributed by atoms with Crippen molar-refractivity contribution in [2.75, 3.05) is 14.2 Å². The number of benzene rings is 3. The van der Waals surface area contributed by atoms with Gasteiger partial charge in [-0.15, -0.1) is 0 Å². The fourth-order valence-electron chi connectivity index (χ4n) is 3.48. The Labute approximate surface area is 212 Å². The third-order valence-corrected chi connectivity index (χ3v) is 7.15. The molecule has 1 heterocycles. The number of ether oxygens (including phenoxy) is 2. The van der Waals surface area contributed by atoms with Gasteiger partial charge in [-0.2, -0.15) is 0 Å². The zero-order valence-electron chi connectivity index (χ0n) is 19.2. The first kappa shape index (κ1) is 24.1. The highest BCUT2D eigenvalue weighted by Gasteiger charge is 2.31. The number of amidine groups is 1. The molecule has 0 radical (unpaired) electrons. The van der Waals surface area contributed by atoms with Gasteiger partial charge in [0.05, 0.1) is 17.7 Å². The molecule has 3 aromatic carbocycles. The number of likely N-dealkylation sites (N-methyl/N-ethyl adjacent to an activating group) is 1. The molecule has 0 saturated carbocycles. The van der Waals surface area contributed by atoms with Crippen LogP contribution in [0.15, 0.2) is 81.1 Å². The minimum atomic E-state index is -0.0898. The first-order valence-electron chi connectivity index (χ1n) is 10.9. The van der Waals surface area contributed by atoms with Gasteiger partial charge in [-0.25, -0.2) is 4.99 Å². The number of nitrogens with zero attached hydrogens (tertiary/aromatic N) is 2. The number of carbonyl (C=O) groups is 1. The molecule has 5 nitrogen and oxygen atoms in total. The molecule has 0 spiro atoms. The van der Waals surface area contributed by atoms with Crippen molar-refractivity contribution in [3.05, 3.63) is 92.8 Å². The van der Waals surface area contributed by atoms with Crippen LogP contribution < -0.4 is 9.47 Å². The molecule has 0 aliphatic carbocycles. The van der Waals surface area contributed by atoms with Gasteiger partial charge in [-0.3, -0.25) is 9.69 Å². The van der Waals surface area contributed by atoms with Crippen LogP contribution >= 0.6 is 27.7 Å². The van der Waals surface area contributed by atoms with E-state index in [1.807, 2.05) is 66.7 Å². The quantitative estimate of drug-likeness (QED) is 0.310. The maximum Gasteiger partial charge on any atom is 0.266 e. The fraction of sp³-hybridized carbons (Fsp3) is 0.185. The van der Waals surface area contributed by atoms with E-state index >= 15 is 0 Å². The average Bonchev–Trinajstić information content (AvgIpc) is 3.12. The molecule has 0 unspecified atom stereocenters. The molecule has 1 saturated heterocycles. The summed E-state index contributed by atoms with van der Waals surface area (Å²) in [6.07, 6.45) is 2.73. The first-order valence-corrected chi connectivity index (χ1v) is 12.5. The number of hydrogen-bond donors (Lipinski definition) is 0. The topological polar surface area (TPSA) is 51.1 Å². The molecule has 174 valence electrons. The maximum absolute atomic E-state index is 12.9. The summed E-state index contributed by atoms with van der Waals surface area (Å²) in [6, 6.07) is 21.7. The van der Waals surface area contributed by atoms with Gasteiger partial charge >= 0.3 is 0 Å². The van der Waals surface area contributed by atoms with E-state index < -0.39 is 0 Å². The van der Waals surface area contributed by atoms with Gasteiger partial charge in [-0.05, 0) is 59.1 Å². The zero-order chi connectivity index (χ0) is 24.1. The first-order chi connectivity index (χ1) is 16.5. The smallest absolute Gasteiger partial charge is 0.266 e. The van der Waals surface area contributed by atoms with Crippen molar-refractivity contribution in [1.29, 1.82) is 0 Å². The van der Waals surface area contributed by atoms with Crippen molar-refractivity contribution >= 4 is 50.5 Å². The van der Waals surface area contributed by atoms with E-state index in [9.17, 15) is 4.79 Å². The van der Waals surface area contributed by atoms with Crippen molar-refractivity contribution in [3.8, 4) is 11.5 Å². The number of aliphatic imine (C=N–C) groups is 1. The van der Waals surface area contributed by atoms with Crippen LogP contribution in [0.5, 0.6) is 11.5 Å². The number of methoxy groups -OCH3 is 1. The van der Waals surface area contributed by atoms with E-state index in [0.29, 0.717) is 28.2 Å². The Morgan fingerprint density at radius 1 is 1.06 bits per heavy atom. The van der Waals surface area contributed by atoms with Gasteiger partial charge < -0.3 is 9.47 Å². The fourth-order valence-corrected chi connectivity index (χ4v) is 4.89. The van der Waals surface area contributed by atoms with E-state index in [-0.39, 0.29) is 5.91 Å². The molecule has 1 fully saturated rings. The van der Waals surface area contributed by atoms with Crippen LogP contribution in [0, 0.1) is 0 Å². The summed E-state index contributed by atoms with van der Waals surface area (Å²) in [6.45, 7) is 2.53. The molecule has 1 aliphatic rings. The third-order valence-electron chi connectivity index (χ3n) is 5.40. The van der Waals surface area contributed by atoms with Crippen LogP contribution in [0.3, 0.4) is 0 Å². The summed E-state index contributed by atoms with van der Waals surface area (Å²) in [5.74, 6) is 1.13. The third kappa shape index (κ3) is 5.37. The molecule has 7 heteroatoms. The van der Waals surface area contributed by atoms with Gasteiger partial charge in [0.1, 0.15) is 6.61 Å². The standard InChI is InChI=1S/C27H25BrN2O3S/c1-4-19-12-8-9-13-22(19)29-27-30(2)26(31)25(34-27)15-20-14-23(32-3)24(16-21(20)28)33-17-18-10-6-5-7-11-18/h5-16H,4,17H2,1-3H3/b25-15+,29-27?. The second-order valence-corrected chi connectivity index (χ2v) is 9.51. The van der Waals surface area contributed by atoms with Crippen molar-refractivity contribution < 1.29 is 14.3 Å². The summed E-state index contributed by atoms with van der Waals surface area (Å²) in [7, 11) is 3.36. The van der Waals surface area contributed by atoms with E-state index in [0.717, 1.165) is 33.3 Å². The minimum Gasteiger partial charge on any atom is -0.493 e. The number of carbonyl (C=O) groups excluding carboxylic acids is 1. The summed E-state index contributed by atoms with van der Waals surface area (Å²) in [4.78, 5) is 19.9. The molecular weight excluding hydrogens is 512 g/mol. The van der Waals surface area contributed by atoms with E-state index in [2.05, 4.69) is 28.9 Å². The van der Waals surface area contributed by atoms with Gasteiger partial charge in [-0.1, -0.05) is 71.4 Å². The Morgan fingerprint density at radius 2 is 1.79 bits per heavy atom. The molecular formula is C27H25BrN2O3S. The predicted octanol–water partition coefficient (Wildman–Crippen LogP) is 6.83. The van der Waals surface area contributed by atoms with E-state index in [1.54, 1.807) is 19.1 Å². The normalized spacial score (nSPS) is 15.9. The van der Waals surface area contributed by atoms with Gasteiger partial charge in [0, 0.05) is 11.5 Å². The second-order valence-electron chi connectivity index (χ2n) is 7.65. The summed E-state index contributed by atoms with van der Waals surface area (Å²) in [5, 5.41) is 0.656. The largest absolute Gasteiger partial charge is 0.493 e. The molecule has 0 aromatic heterocycles. The van der Waals surface area contributed by atoms with Crippen LogP contribution in [-0.2, 0) is 17.8 Å². The number of thioether (sulfide) groups is 1. The van der Waals surface area contributed by atoms with E-state index in [4.69, 9.17) is 14.5 Å². The molecule has 3 aromatic rings. The zero-order valence-corrected chi connectivity index (χ0v) is 21.7. The lowest BCUT2D eigenvalue weighted by molar-refractivity contribution is -0.121. The number of amides is 1. The van der Waals surface area contributed by atoms with Crippen LogP contribution in [-0.4, -0.2) is 30.1 Å². The SMILES string of the molecule is CCc1ccccc1N=C1S/C(=C/c2cc(OC)c(OCc3ccccc3)cc2Br)C(=O)N1C. The molecule has 0 N–H and O–H groups in total. The Kier molecular flexibility index (Phi) is 7.75. The maximum atomic E-state index is 12.9. The second kappa shape index (κ2) is 10.9. The minimum absolute atomic E-state index is 0.0898. The number of halogens is 1. The Morgan fingerprint density at radius 3 is 2.53 bits per heavy atom. The summed E-state index contributed by atoms with van der Waals surface area (Å²) in [5.41, 5.74) is 3.92. The molecule has 1 aliphatic heterocycles. The lowest BCUT2D eigenvalue weighted by Gasteiger charge is -2.13. The van der Waals surface area contributed by atoms with Crippen LogP contribution in [0.2, 0.25) is 0 Å². The Balaban J connectivity index is 1.59. The monoisotopic (exact) mass is 536 g/mol. The number of aryl methyl sites for hydroxylation is 1. The lowest BCUT2D eigenvalue weighted by Crippen LogP contribution is -2.23. The van der Waals surface area contributed by atoms with Crippen molar-refractivity contribution in [1.82, 2.24) is 4.90 Å². The van der Waals surface area contributed by atoms with Gasteiger partial charge in [0.15, 0.2) is 16.7 Å². The lowest BCUT2D eigenvalue weighted by atomic mass is 10.1. The van der Waals surface area contributed by atoms with Crippen LogP contribution in [0.25, 0.3) is 6.08 Å². The van der Waals surface area contributed by atoms with Crippen molar-refractivity contribution in [3.63, 3.8) is 0 Å². The summed E-state index contributed by atoms with van der Waals surface area (Å²) < 4.78 is 12.4. The number of para-hydroxylation sites is 1. The Bertz CT molecular complexity index is 1260. The van der Waals surface area contributed by atoms with Crippen molar-refractivity contribution in [2.45, 2.75) is 20.0 Å². The van der Waals surface area contributed by atoms with Crippen LogP contribution in [0.4, 0.5) is 5.69 Å².